The number of nitrogens with one attached hydrogen (secondary N) is 1. The SMILES string of the molecule is Cc1[nH]nc(-c2cccc3cccnc23)c1C#Cc1cccc(S(N)(=O)=O)c1. The van der Waals surface area contributed by atoms with Crippen LogP contribution in [0.4, 0.5) is 0 Å². The van der Waals surface area contributed by atoms with Crippen molar-refractivity contribution in [1.29, 1.82) is 0 Å². The fourth-order valence-corrected chi connectivity index (χ4v) is 3.52. The summed E-state index contributed by atoms with van der Waals surface area (Å²) < 4.78 is 23.1. The minimum atomic E-state index is -3.78. The third-order valence-corrected chi connectivity index (χ3v) is 5.24. The molecule has 28 heavy (non-hydrogen) atoms. The van der Waals surface area contributed by atoms with Gasteiger partial charge in [-0.1, -0.05) is 42.2 Å². The number of sulfonamides is 1. The Labute approximate surface area is 162 Å². The van der Waals surface area contributed by atoms with Gasteiger partial charge in [-0.05, 0) is 31.2 Å². The van der Waals surface area contributed by atoms with Gasteiger partial charge < -0.3 is 0 Å². The van der Waals surface area contributed by atoms with Gasteiger partial charge in [-0.3, -0.25) is 10.1 Å². The van der Waals surface area contributed by atoms with E-state index in [4.69, 9.17) is 5.14 Å². The first kappa shape index (κ1) is 17.9. The predicted octanol–water partition coefficient (Wildman–Crippen LogP) is 2.98. The summed E-state index contributed by atoms with van der Waals surface area (Å²) in [6.45, 7) is 1.89. The second kappa shape index (κ2) is 6.93. The summed E-state index contributed by atoms with van der Waals surface area (Å²) in [7, 11) is -3.78. The highest BCUT2D eigenvalue weighted by molar-refractivity contribution is 7.89. The molecule has 4 rings (SSSR count). The lowest BCUT2D eigenvalue weighted by Gasteiger charge is -2.03. The molecule has 138 valence electrons. The van der Waals surface area contributed by atoms with Crippen molar-refractivity contribution in [3.05, 3.63) is 77.6 Å². The van der Waals surface area contributed by atoms with Gasteiger partial charge in [0, 0.05) is 28.4 Å². The quantitative estimate of drug-likeness (QED) is 0.515. The van der Waals surface area contributed by atoms with Gasteiger partial charge in [0.1, 0.15) is 5.69 Å². The molecule has 0 fully saturated rings. The molecule has 2 aromatic heterocycles. The largest absolute Gasteiger partial charge is 0.281 e. The van der Waals surface area contributed by atoms with Crippen molar-refractivity contribution in [2.45, 2.75) is 11.8 Å². The van der Waals surface area contributed by atoms with E-state index in [-0.39, 0.29) is 4.90 Å². The van der Waals surface area contributed by atoms with Crippen LogP contribution in [0, 0.1) is 18.8 Å². The number of rotatable bonds is 2. The van der Waals surface area contributed by atoms with Crippen LogP contribution >= 0.6 is 0 Å². The number of fused-ring (bicyclic) bond motifs is 1. The lowest BCUT2D eigenvalue weighted by molar-refractivity contribution is 0.598. The average Bonchev–Trinajstić information content (AvgIpc) is 3.06. The lowest BCUT2D eigenvalue weighted by Crippen LogP contribution is -2.11. The molecule has 0 aliphatic heterocycles. The minimum Gasteiger partial charge on any atom is -0.281 e. The summed E-state index contributed by atoms with van der Waals surface area (Å²) in [5.74, 6) is 6.12. The van der Waals surface area contributed by atoms with Crippen LogP contribution in [0.2, 0.25) is 0 Å². The number of aryl methyl sites for hydroxylation is 1. The van der Waals surface area contributed by atoms with Crippen molar-refractivity contribution in [2.24, 2.45) is 5.14 Å². The maximum Gasteiger partial charge on any atom is 0.238 e. The zero-order chi connectivity index (χ0) is 19.7. The maximum absolute atomic E-state index is 11.5. The second-order valence-electron chi connectivity index (χ2n) is 6.28. The van der Waals surface area contributed by atoms with E-state index in [2.05, 4.69) is 27.0 Å². The zero-order valence-corrected chi connectivity index (χ0v) is 15.8. The summed E-state index contributed by atoms with van der Waals surface area (Å²) in [5.41, 5.74) is 4.53. The fraction of sp³-hybridized carbons (Fsp3) is 0.0476. The predicted molar refractivity (Wildman–Crippen MR) is 108 cm³/mol. The van der Waals surface area contributed by atoms with Gasteiger partial charge in [-0.25, -0.2) is 13.6 Å². The molecular weight excluding hydrogens is 372 g/mol. The number of aromatic nitrogens is 3. The number of aromatic amines is 1. The molecule has 7 heteroatoms. The molecule has 0 saturated carbocycles. The van der Waals surface area contributed by atoms with Gasteiger partial charge in [-0.15, -0.1) is 0 Å². The summed E-state index contributed by atoms with van der Waals surface area (Å²) in [4.78, 5) is 4.51. The van der Waals surface area contributed by atoms with Crippen LogP contribution in [0.3, 0.4) is 0 Å². The molecule has 0 bridgehead atoms. The molecular formula is C21H16N4O2S. The Morgan fingerprint density at radius 1 is 1.04 bits per heavy atom. The Hall–Kier alpha value is -3.47. The smallest absolute Gasteiger partial charge is 0.238 e. The number of benzene rings is 2. The van der Waals surface area contributed by atoms with E-state index in [1.165, 1.54) is 12.1 Å². The van der Waals surface area contributed by atoms with E-state index in [0.717, 1.165) is 27.7 Å². The Balaban J connectivity index is 1.83. The van der Waals surface area contributed by atoms with Gasteiger partial charge in [0.15, 0.2) is 0 Å². The van der Waals surface area contributed by atoms with Crippen molar-refractivity contribution >= 4 is 20.9 Å². The first-order chi connectivity index (χ1) is 13.4. The van der Waals surface area contributed by atoms with Gasteiger partial charge in [0.05, 0.1) is 16.0 Å². The van der Waals surface area contributed by atoms with Crippen LogP contribution in [0.25, 0.3) is 22.2 Å². The molecule has 2 aromatic carbocycles. The summed E-state index contributed by atoms with van der Waals surface area (Å²) in [6, 6.07) is 16.0. The lowest BCUT2D eigenvalue weighted by atomic mass is 10.0. The van der Waals surface area contributed by atoms with E-state index in [1.54, 1.807) is 18.3 Å². The van der Waals surface area contributed by atoms with Crippen molar-refractivity contribution in [3.8, 4) is 23.1 Å². The van der Waals surface area contributed by atoms with Crippen molar-refractivity contribution in [3.63, 3.8) is 0 Å². The monoisotopic (exact) mass is 388 g/mol. The number of nitrogens with two attached hydrogens (primary N) is 1. The third kappa shape index (κ3) is 3.39. The second-order valence-corrected chi connectivity index (χ2v) is 7.84. The molecule has 6 nitrogen and oxygen atoms in total. The van der Waals surface area contributed by atoms with E-state index >= 15 is 0 Å². The summed E-state index contributed by atoms with van der Waals surface area (Å²) in [6.07, 6.45) is 1.75. The molecule has 0 saturated heterocycles. The fourth-order valence-electron chi connectivity index (χ4n) is 2.96. The molecule has 0 unspecified atom stereocenters. The topological polar surface area (TPSA) is 102 Å². The molecule has 0 aliphatic carbocycles. The third-order valence-electron chi connectivity index (χ3n) is 4.33. The normalized spacial score (nSPS) is 11.2. The summed E-state index contributed by atoms with van der Waals surface area (Å²) >= 11 is 0. The number of para-hydroxylation sites is 1. The molecule has 0 aliphatic rings. The summed E-state index contributed by atoms with van der Waals surface area (Å²) in [5, 5.41) is 13.6. The van der Waals surface area contributed by atoms with Crippen molar-refractivity contribution in [1.82, 2.24) is 15.2 Å². The Morgan fingerprint density at radius 3 is 2.64 bits per heavy atom. The van der Waals surface area contributed by atoms with E-state index in [1.807, 2.05) is 37.3 Å². The van der Waals surface area contributed by atoms with E-state index in [9.17, 15) is 8.42 Å². The first-order valence-electron chi connectivity index (χ1n) is 8.47. The Bertz CT molecular complexity index is 1360. The van der Waals surface area contributed by atoms with Crippen LogP contribution in [0.5, 0.6) is 0 Å². The molecule has 0 radical (unpaired) electrons. The molecule has 2 heterocycles. The highest BCUT2D eigenvalue weighted by atomic mass is 32.2. The van der Waals surface area contributed by atoms with Crippen LogP contribution in [0.1, 0.15) is 16.8 Å². The van der Waals surface area contributed by atoms with Gasteiger partial charge in [-0.2, -0.15) is 5.10 Å². The van der Waals surface area contributed by atoms with Crippen LogP contribution in [0.15, 0.2) is 65.7 Å². The number of pyridine rings is 1. The number of primary sulfonamides is 1. The van der Waals surface area contributed by atoms with Crippen LogP contribution in [-0.2, 0) is 10.0 Å². The number of hydrogen-bond donors (Lipinski definition) is 2. The van der Waals surface area contributed by atoms with Crippen molar-refractivity contribution < 1.29 is 8.42 Å². The van der Waals surface area contributed by atoms with Gasteiger partial charge >= 0.3 is 0 Å². The minimum absolute atomic E-state index is 0.0293. The molecule has 4 aromatic rings. The molecule has 0 atom stereocenters. The molecule has 0 spiro atoms. The Morgan fingerprint density at radius 2 is 1.82 bits per heavy atom. The van der Waals surface area contributed by atoms with Crippen molar-refractivity contribution in [2.75, 3.05) is 0 Å². The van der Waals surface area contributed by atoms with Gasteiger partial charge in [0.2, 0.25) is 10.0 Å². The first-order valence-corrected chi connectivity index (χ1v) is 10.0. The van der Waals surface area contributed by atoms with E-state index < -0.39 is 10.0 Å². The highest BCUT2D eigenvalue weighted by Gasteiger charge is 2.14. The van der Waals surface area contributed by atoms with E-state index in [0.29, 0.717) is 11.3 Å². The zero-order valence-electron chi connectivity index (χ0n) is 15.0. The highest BCUT2D eigenvalue weighted by Crippen LogP contribution is 2.29. The molecule has 0 amide bonds. The molecule has 3 N–H and O–H groups in total. The maximum atomic E-state index is 11.5. The number of H-pyrrole nitrogens is 1. The number of nitrogens with zero attached hydrogens (tertiary/aromatic N) is 2. The average molecular weight is 388 g/mol. The van der Waals surface area contributed by atoms with Gasteiger partial charge in [0.25, 0.3) is 0 Å². The Kier molecular flexibility index (Phi) is 4.43. The number of hydrogen-bond acceptors (Lipinski definition) is 4. The standard InChI is InChI=1S/C21H16N4O2S/c1-14-18(11-10-15-5-2-8-17(13-15)28(22,26)27)21(25-24-14)19-9-3-6-16-7-4-12-23-20(16)19/h2-9,12-13H,1H3,(H,24,25)(H2,22,26,27). The van der Waals surface area contributed by atoms with Crippen LogP contribution in [-0.4, -0.2) is 23.6 Å². The van der Waals surface area contributed by atoms with Crippen LogP contribution < -0.4 is 5.14 Å².